The Kier molecular flexibility index (Phi) is 4.61. The first-order chi connectivity index (χ1) is 16.1. The fraction of sp³-hybridized carbons (Fsp3) is 0.259. The minimum absolute atomic E-state index is 0.0183. The first-order valence-electron chi connectivity index (χ1n) is 11.4. The number of fused-ring (bicyclic) bond motifs is 2. The Morgan fingerprint density at radius 2 is 1.97 bits per heavy atom. The lowest BCUT2D eigenvalue weighted by Gasteiger charge is -2.33. The SMILES string of the molecule is COc1cccc(Nc2cc(N3CCCC(C)C3)c3noc4c3c2C(=O)c2ccccc2-4)c1. The van der Waals surface area contributed by atoms with Crippen molar-refractivity contribution in [1.82, 2.24) is 5.16 Å². The van der Waals surface area contributed by atoms with Gasteiger partial charge in [-0.2, -0.15) is 0 Å². The van der Waals surface area contributed by atoms with Crippen LogP contribution in [0.1, 0.15) is 35.7 Å². The van der Waals surface area contributed by atoms with Gasteiger partial charge in [0.15, 0.2) is 11.5 Å². The summed E-state index contributed by atoms with van der Waals surface area (Å²) in [6.07, 6.45) is 2.36. The van der Waals surface area contributed by atoms with Crippen LogP contribution >= 0.6 is 0 Å². The molecule has 166 valence electrons. The maximum atomic E-state index is 13.7. The third-order valence-electron chi connectivity index (χ3n) is 6.72. The molecule has 6 rings (SSSR count). The van der Waals surface area contributed by atoms with Crippen molar-refractivity contribution in [3.8, 4) is 17.1 Å². The van der Waals surface area contributed by atoms with Crippen LogP contribution in [0.5, 0.6) is 5.75 Å². The molecular formula is C27H25N3O3. The van der Waals surface area contributed by atoms with Crippen LogP contribution in [0.2, 0.25) is 0 Å². The van der Waals surface area contributed by atoms with Crippen LogP contribution in [0.25, 0.3) is 22.2 Å². The highest BCUT2D eigenvalue weighted by atomic mass is 16.5. The number of benzene rings is 3. The zero-order valence-electron chi connectivity index (χ0n) is 18.7. The molecule has 1 unspecified atom stereocenters. The molecule has 6 heteroatoms. The van der Waals surface area contributed by atoms with E-state index < -0.39 is 0 Å². The Bertz CT molecular complexity index is 1390. The molecule has 0 bridgehead atoms. The molecule has 1 aromatic heterocycles. The van der Waals surface area contributed by atoms with Crippen LogP contribution in [-0.2, 0) is 0 Å². The normalized spacial score (nSPS) is 17.2. The van der Waals surface area contributed by atoms with Crippen LogP contribution in [0.3, 0.4) is 0 Å². The molecular weight excluding hydrogens is 414 g/mol. The number of nitrogens with one attached hydrogen (secondary N) is 1. The Balaban J connectivity index is 1.59. The number of nitrogens with zero attached hydrogens (tertiary/aromatic N) is 2. The molecule has 2 aliphatic rings. The number of hydrogen-bond acceptors (Lipinski definition) is 6. The largest absolute Gasteiger partial charge is 0.497 e. The van der Waals surface area contributed by atoms with Gasteiger partial charge in [0.05, 0.1) is 29.4 Å². The Morgan fingerprint density at radius 3 is 2.79 bits per heavy atom. The molecule has 1 saturated heterocycles. The van der Waals surface area contributed by atoms with Gasteiger partial charge >= 0.3 is 0 Å². The van der Waals surface area contributed by atoms with E-state index in [1.165, 1.54) is 6.42 Å². The van der Waals surface area contributed by atoms with Gasteiger partial charge in [0.1, 0.15) is 11.3 Å². The highest BCUT2D eigenvalue weighted by Gasteiger charge is 2.34. The summed E-state index contributed by atoms with van der Waals surface area (Å²) in [5, 5.41) is 8.77. The number of hydrogen-bond donors (Lipinski definition) is 1. The number of carbonyl (C=O) groups excluding carboxylic acids is 1. The van der Waals surface area contributed by atoms with Gasteiger partial charge in [-0.15, -0.1) is 0 Å². The molecule has 6 nitrogen and oxygen atoms in total. The van der Waals surface area contributed by atoms with Crippen molar-refractivity contribution in [3.63, 3.8) is 0 Å². The highest BCUT2D eigenvalue weighted by molar-refractivity contribution is 6.28. The van der Waals surface area contributed by atoms with E-state index in [2.05, 4.69) is 28.4 Å². The summed E-state index contributed by atoms with van der Waals surface area (Å²) in [4.78, 5) is 16.1. The molecule has 1 aliphatic heterocycles. The molecule has 1 aliphatic carbocycles. The lowest BCUT2D eigenvalue weighted by molar-refractivity contribution is 0.104. The fourth-order valence-electron chi connectivity index (χ4n) is 5.15. The summed E-state index contributed by atoms with van der Waals surface area (Å²) in [7, 11) is 1.65. The van der Waals surface area contributed by atoms with Crippen LogP contribution in [0.4, 0.5) is 17.1 Å². The number of methoxy groups -OCH3 is 1. The Morgan fingerprint density at radius 1 is 1.12 bits per heavy atom. The maximum absolute atomic E-state index is 13.7. The van der Waals surface area contributed by atoms with Gasteiger partial charge in [-0.3, -0.25) is 4.79 Å². The zero-order chi connectivity index (χ0) is 22.5. The van der Waals surface area contributed by atoms with Crippen LogP contribution in [0, 0.1) is 5.92 Å². The number of ketones is 1. The van der Waals surface area contributed by atoms with Crippen molar-refractivity contribution in [2.24, 2.45) is 5.92 Å². The van der Waals surface area contributed by atoms with E-state index in [0.29, 0.717) is 22.8 Å². The van der Waals surface area contributed by atoms with E-state index >= 15 is 0 Å². The molecule has 2 heterocycles. The third-order valence-corrected chi connectivity index (χ3v) is 6.72. The van der Waals surface area contributed by atoms with Crippen molar-refractivity contribution in [2.45, 2.75) is 19.8 Å². The summed E-state index contributed by atoms with van der Waals surface area (Å²) in [6.45, 7) is 4.20. The summed E-state index contributed by atoms with van der Waals surface area (Å²) < 4.78 is 11.3. The van der Waals surface area contributed by atoms with Crippen molar-refractivity contribution in [2.75, 3.05) is 30.4 Å². The number of aromatic nitrogens is 1. The van der Waals surface area contributed by atoms with Crippen molar-refractivity contribution >= 4 is 33.7 Å². The predicted octanol–water partition coefficient (Wildman–Crippen LogP) is 6.03. The summed E-state index contributed by atoms with van der Waals surface area (Å²) >= 11 is 0. The van der Waals surface area contributed by atoms with E-state index in [9.17, 15) is 4.79 Å². The Labute approximate surface area is 192 Å². The average Bonchev–Trinajstić information content (AvgIpc) is 3.28. The molecule has 1 N–H and O–H groups in total. The molecule has 0 radical (unpaired) electrons. The van der Waals surface area contributed by atoms with Crippen LogP contribution in [-0.4, -0.2) is 31.1 Å². The minimum atomic E-state index is -0.0183. The number of ether oxygens (including phenoxy) is 1. The second-order valence-corrected chi connectivity index (χ2v) is 8.98. The van der Waals surface area contributed by atoms with E-state index in [1.54, 1.807) is 7.11 Å². The molecule has 4 aromatic rings. The summed E-state index contributed by atoms with van der Waals surface area (Å²) in [5.74, 6) is 2.00. The molecule has 1 fully saturated rings. The van der Waals surface area contributed by atoms with E-state index in [0.717, 1.165) is 58.8 Å². The average molecular weight is 440 g/mol. The van der Waals surface area contributed by atoms with Crippen LogP contribution < -0.4 is 15.0 Å². The maximum Gasteiger partial charge on any atom is 0.196 e. The van der Waals surface area contributed by atoms with Crippen molar-refractivity contribution < 1.29 is 14.1 Å². The third kappa shape index (κ3) is 3.17. The number of carbonyl (C=O) groups is 1. The number of piperidine rings is 1. The highest BCUT2D eigenvalue weighted by Crippen LogP contribution is 2.46. The van der Waals surface area contributed by atoms with E-state index in [4.69, 9.17) is 9.26 Å². The minimum Gasteiger partial charge on any atom is -0.497 e. The molecule has 0 saturated carbocycles. The molecule has 33 heavy (non-hydrogen) atoms. The van der Waals surface area contributed by atoms with Gasteiger partial charge in [0, 0.05) is 36.0 Å². The Hall–Kier alpha value is -3.80. The molecule has 0 spiro atoms. The molecule has 3 aromatic carbocycles. The first kappa shape index (κ1) is 19.9. The van der Waals surface area contributed by atoms with Gasteiger partial charge in [0.25, 0.3) is 0 Å². The number of rotatable bonds is 4. The lowest BCUT2D eigenvalue weighted by atomic mass is 9.86. The summed E-state index contributed by atoms with van der Waals surface area (Å²) in [6, 6.07) is 17.4. The summed E-state index contributed by atoms with van der Waals surface area (Å²) in [5.41, 5.74) is 5.42. The van der Waals surface area contributed by atoms with Gasteiger partial charge in [-0.1, -0.05) is 42.4 Å². The van der Waals surface area contributed by atoms with Crippen LogP contribution in [0.15, 0.2) is 59.1 Å². The van der Waals surface area contributed by atoms with Gasteiger partial charge < -0.3 is 19.5 Å². The van der Waals surface area contributed by atoms with Crippen molar-refractivity contribution in [1.29, 1.82) is 0 Å². The van der Waals surface area contributed by atoms with E-state index in [1.807, 2.05) is 48.5 Å². The zero-order valence-corrected chi connectivity index (χ0v) is 18.7. The van der Waals surface area contributed by atoms with E-state index in [-0.39, 0.29) is 5.78 Å². The smallest absolute Gasteiger partial charge is 0.196 e. The lowest BCUT2D eigenvalue weighted by Crippen LogP contribution is -2.34. The monoisotopic (exact) mass is 439 g/mol. The quantitative estimate of drug-likeness (QED) is 0.369. The van der Waals surface area contributed by atoms with Crippen molar-refractivity contribution in [3.05, 3.63) is 65.7 Å². The first-order valence-corrected chi connectivity index (χ1v) is 11.4. The fourth-order valence-corrected chi connectivity index (χ4v) is 5.15. The van der Waals surface area contributed by atoms with Gasteiger partial charge in [-0.25, -0.2) is 0 Å². The second-order valence-electron chi connectivity index (χ2n) is 8.98. The topological polar surface area (TPSA) is 67.6 Å². The number of anilines is 3. The standard InChI is InChI=1S/C27H25N3O3/c1-16-7-6-12-30(15-16)22-14-21(28-17-8-5-9-18(13-17)32-2)23-24-25(22)29-33-27(24)20-11-4-3-10-19(20)26(23)31/h3-5,8-11,13-14,16,28H,6-7,12,15H2,1-2H3. The molecule has 0 amide bonds. The molecule has 1 atom stereocenters. The van der Waals surface area contributed by atoms with Gasteiger partial charge in [0.2, 0.25) is 0 Å². The van der Waals surface area contributed by atoms with Gasteiger partial charge in [-0.05, 0) is 37.0 Å². The predicted molar refractivity (Wildman–Crippen MR) is 130 cm³/mol. The second kappa shape index (κ2) is 7.66.